The minimum Gasteiger partial charge on any atom is -0.454 e. The molecule has 3 aromatic rings. The molecule has 1 aromatic heterocycles. The summed E-state index contributed by atoms with van der Waals surface area (Å²) in [6, 6.07) is 11.6. The molecule has 29 heavy (non-hydrogen) atoms. The van der Waals surface area contributed by atoms with E-state index in [4.69, 9.17) is 9.47 Å². The zero-order valence-electron chi connectivity index (χ0n) is 16.9. The molecule has 0 spiro atoms. The number of ether oxygens (including phenoxy) is 2. The Labute approximate surface area is 169 Å². The Morgan fingerprint density at radius 3 is 2.59 bits per heavy atom. The van der Waals surface area contributed by atoms with Crippen LogP contribution in [-0.4, -0.2) is 22.6 Å². The number of carbonyl (C=O) groups excluding carboxylic acids is 1. The number of H-pyrrole nitrogens is 1. The van der Waals surface area contributed by atoms with Crippen LogP contribution in [-0.2, 0) is 17.9 Å². The second-order valence-electron chi connectivity index (χ2n) is 7.44. The lowest BCUT2D eigenvalue weighted by Gasteiger charge is -2.22. The fourth-order valence-electron chi connectivity index (χ4n) is 3.56. The summed E-state index contributed by atoms with van der Waals surface area (Å²) in [4.78, 5) is 29.9. The van der Waals surface area contributed by atoms with Crippen LogP contribution in [0.15, 0.2) is 41.2 Å². The van der Waals surface area contributed by atoms with Gasteiger partial charge in [0.05, 0.1) is 6.54 Å². The first-order valence-corrected chi connectivity index (χ1v) is 9.74. The first kappa shape index (κ1) is 19.1. The quantitative estimate of drug-likeness (QED) is 0.717. The highest BCUT2D eigenvalue weighted by Crippen LogP contribution is 2.33. The average molecular weight is 392 g/mol. The third-order valence-corrected chi connectivity index (χ3v) is 5.36. The minimum absolute atomic E-state index is 0.0118. The van der Waals surface area contributed by atoms with Gasteiger partial charge in [-0.15, -0.1) is 0 Å². The van der Waals surface area contributed by atoms with Gasteiger partial charge in [-0.25, -0.2) is 0 Å². The largest absolute Gasteiger partial charge is 0.454 e. The normalized spacial score (nSPS) is 12.4. The minimum atomic E-state index is -0.166. The number of pyridine rings is 1. The predicted octanol–water partition coefficient (Wildman–Crippen LogP) is 3.81. The molecule has 0 saturated carbocycles. The van der Waals surface area contributed by atoms with E-state index < -0.39 is 0 Å². The highest BCUT2D eigenvalue weighted by Gasteiger charge is 2.18. The van der Waals surface area contributed by atoms with Gasteiger partial charge in [0.1, 0.15) is 0 Å². The summed E-state index contributed by atoms with van der Waals surface area (Å²) >= 11 is 0. The number of aromatic amines is 1. The number of hydrogen-bond acceptors (Lipinski definition) is 4. The predicted molar refractivity (Wildman–Crippen MR) is 111 cm³/mol. The Kier molecular flexibility index (Phi) is 5.01. The van der Waals surface area contributed by atoms with Crippen LogP contribution in [0.3, 0.4) is 0 Å². The van der Waals surface area contributed by atoms with Crippen molar-refractivity contribution in [2.24, 2.45) is 0 Å². The van der Waals surface area contributed by atoms with Gasteiger partial charge in [0.2, 0.25) is 12.7 Å². The fourth-order valence-corrected chi connectivity index (χ4v) is 3.56. The first-order chi connectivity index (χ1) is 13.9. The molecule has 1 aliphatic heterocycles. The zero-order valence-corrected chi connectivity index (χ0v) is 16.9. The maximum Gasteiger partial charge on any atom is 0.253 e. The van der Waals surface area contributed by atoms with Crippen molar-refractivity contribution in [3.63, 3.8) is 0 Å². The summed E-state index contributed by atoms with van der Waals surface area (Å²) in [7, 11) is 0. The van der Waals surface area contributed by atoms with E-state index in [-0.39, 0.29) is 24.8 Å². The number of aryl methyl sites for hydroxylation is 2. The second kappa shape index (κ2) is 7.62. The van der Waals surface area contributed by atoms with Crippen molar-refractivity contribution in [3.8, 4) is 11.5 Å². The van der Waals surface area contributed by atoms with E-state index in [1.54, 1.807) is 4.90 Å². The van der Waals surface area contributed by atoms with E-state index in [0.29, 0.717) is 30.0 Å². The number of carbonyl (C=O) groups is 1. The molecule has 0 saturated heterocycles. The summed E-state index contributed by atoms with van der Waals surface area (Å²) in [5.74, 6) is 1.38. The molecule has 1 aliphatic rings. The molecule has 0 atom stereocenters. The Morgan fingerprint density at radius 2 is 1.79 bits per heavy atom. The summed E-state index contributed by atoms with van der Waals surface area (Å²) in [5.41, 5.74) is 4.44. The molecular formula is C23H24N2O4. The second-order valence-corrected chi connectivity index (χ2v) is 7.44. The summed E-state index contributed by atoms with van der Waals surface area (Å²) < 4.78 is 10.8. The van der Waals surface area contributed by atoms with Crippen LogP contribution >= 0.6 is 0 Å². The zero-order chi connectivity index (χ0) is 20.5. The van der Waals surface area contributed by atoms with Crippen molar-refractivity contribution in [2.45, 2.75) is 40.3 Å². The van der Waals surface area contributed by atoms with Gasteiger partial charge < -0.3 is 19.4 Å². The Balaban J connectivity index is 1.64. The highest BCUT2D eigenvalue weighted by atomic mass is 16.7. The van der Waals surface area contributed by atoms with Crippen LogP contribution in [0.25, 0.3) is 10.9 Å². The monoisotopic (exact) mass is 392 g/mol. The van der Waals surface area contributed by atoms with E-state index in [9.17, 15) is 9.59 Å². The molecule has 0 bridgehead atoms. The van der Waals surface area contributed by atoms with Gasteiger partial charge in [0, 0.05) is 24.0 Å². The maximum atomic E-state index is 12.7. The molecule has 0 fully saturated rings. The number of rotatable bonds is 5. The number of nitrogens with zero attached hydrogens (tertiary/aromatic N) is 1. The van der Waals surface area contributed by atoms with E-state index in [1.807, 2.05) is 51.1 Å². The van der Waals surface area contributed by atoms with Crippen molar-refractivity contribution in [3.05, 3.63) is 69.0 Å². The summed E-state index contributed by atoms with van der Waals surface area (Å²) in [6.07, 6.45) is 0.369. The number of hydrogen-bond donors (Lipinski definition) is 1. The third kappa shape index (κ3) is 3.83. The number of benzene rings is 2. The molecular weight excluding hydrogens is 368 g/mol. The standard InChI is InChI=1S/C23H24N2O4/c1-4-22(26)25(11-16-5-6-20-21(9-16)29-13-28-20)12-18-10-17-7-14(2)15(3)8-19(17)24-23(18)27/h5-10H,4,11-13H2,1-3H3,(H,24,27). The average Bonchev–Trinajstić information content (AvgIpc) is 3.17. The van der Waals surface area contributed by atoms with E-state index >= 15 is 0 Å². The molecule has 0 aliphatic carbocycles. The molecule has 6 nitrogen and oxygen atoms in total. The maximum absolute atomic E-state index is 12.7. The van der Waals surface area contributed by atoms with Crippen molar-refractivity contribution < 1.29 is 14.3 Å². The number of aromatic nitrogens is 1. The van der Waals surface area contributed by atoms with Crippen molar-refractivity contribution >= 4 is 16.8 Å². The van der Waals surface area contributed by atoms with Gasteiger partial charge in [0.25, 0.3) is 5.56 Å². The molecule has 0 unspecified atom stereocenters. The Hall–Kier alpha value is -3.28. The van der Waals surface area contributed by atoms with Gasteiger partial charge in [-0.2, -0.15) is 0 Å². The van der Waals surface area contributed by atoms with Crippen LogP contribution in [0.2, 0.25) is 0 Å². The Bertz CT molecular complexity index is 1150. The van der Waals surface area contributed by atoms with Crippen LogP contribution in [0.1, 0.15) is 35.6 Å². The molecule has 2 aromatic carbocycles. The molecule has 6 heteroatoms. The SMILES string of the molecule is CCC(=O)N(Cc1ccc2c(c1)OCO2)Cc1cc2cc(C)c(C)cc2[nH]c1=O. The van der Waals surface area contributed by atoms with Crippen LogP contribution in [0.4, 0.5) is 0 Å². The van der Waals surface area contributed by atoms with Crippen molar-refractivity contribution in [2.75, 3.05) is 6.79 Å². The molecule has 0 radical (unpaired) electrons. The van der Waals surface area contributed by atoms with Gasteiger partial charge >= 0.3 is 0 Å². The van der Waals surface area contributed by atoms with Crippen LogP contribution in [0, 0.1) is 13.8 Å². The van der Waals surface area contributed by atoms with E-state index in [1.165, 1.54) is 0 Å². The van der Waals surface area contributed by atoms with E-state index in [2.05, 4.69) is 11.1 Å². The number of amides is 1. The molecule has 1 N–H and O–H groups in total. The van der Waals surface area contributed by atoms with E-state index in [0.717, 1.165) is 27.6 Å². The van der Waals surface area contributed by atoms with Gasteiger partial charge in [-0.3, -0.25) is 9.59 Å². The van der Waals surface area contributed by atoms with Crippen molar-refractivity contribution in [1.82, 2.24) is 9.88 Å². The van der Waals surface area contributed by atoms with Gasteiger partial charge in [0.15, 0.2) is 11.5 Å². The molecule has 150 valence electrons. The Morgan fingerprint density at radius 1 is 1.03 bits per heavy atom. The lowest BCUT2D eigenvalue weighted by atomic mass is 10.0. The smallest absolute Gasteiger partial charge is 0.253 e. The fraction of sp³-hybridized carbons (Fsp3) is 0.304. The molecule has 1 amide bonds. The number of fused-ring (bicyclic) bond motifs is 2. The first-order valence-electron chi connectivity index (χ1n) is 9.74. The van der Waals surface area contributed by atoms with Crippen LogP contribution < -0.4 is 15.0 Å². The molecule has 4 rings (SSSR count). The summed E-state index contributed by atoms with van der Waals surface area (Å²) in [6.45, 7) is 6.75. The molecule has 2 heterocycles. The lowest BCUT2D eigenvalue weighted by molar-refractivity contribution is -0.132. The van der Waals surface area contributed by atoms with Gasteiger partial charge in [-0.1, -0.05) is 13.0 Å². The van der Waals surface area contributed by atoms with Crippen LogP contribution in [0.5, 0.6) is 11.5 Å². The topological polar surface area (TPSA) is 71.6 Å². The van der Waals surface area contributed by atoms with Crippen molar-refractivity contribution in [1.29, 1.82) is 0 Å². The highest BCUT2D eigenvalue weighted by molar-refractivity contribution is 5.81. The lowest BCUT2D eigenvalue weighted by Crippen LogP contribution is -2.31. The van der Waals surface area contributed by atoms with Gasteiger partial charge in [-0.05, 0) is 66.3 Å². The third-order valence-electron chi connectivity index (χ3n) is 5.36. The number of nitrogens with one attached hydrogen (secondary N) is 1. The summed E-state index contributed by atoms with van der Waals surface area (Å²) in [5, 5.41) is 0.967.